The fraction of sp³-hybridized carbons (Fsp3) is 0.385. The molecule has 19 heavy (non-hydrogen) atoms. The second kappa shape index (κ2) is 6.19. The Morgan fingerprint density at radius 2 is 1.79 bits per heavy atom. The molecule has 1 aromatic heterocycles. The average molecular weight is 263 g/mol. The molecule has 0 aliphatic heterocycles. The van der Waals surface area contributed by atoms with Crippen LogP contribution in [0, 0.1) is 0 Å². The largest absolute Gasteiger partial charge is 0.497 e. The maximum absolute atomic E-state index is 5.57. The molecular weight excluding hydrogens is 246 g/mol. The van der Waals surface area contributed by atoms with Gasteiger partial charge in [0.15, 0.2) is 0 Å². The van der Waals surface area contributed by atoms with E-state index in [0.29, 0.717) is 29.8 Å². The summed E-state index contributed by atoms with van der Waals surface area (Å²) in [4.78, 5) is 0. The lowest BCUT2D eigenvalue weighted by atomic mass is 10.2. The number of methoxy groups -OCH3 is 2. The summed E-state index contributed by atoms with van der Waals surface area (Å²) >= 11 is 0. The molecule has 2 aromatic rings. The van der Waals surface area contributed by atoms with Crippen LogP contribution in [0.1, 0.15) is 12.8 Å². The number of hydrogen-bond donors (Lipinski definition) is 1. The quantitative estimate of drug-likeness (QED) is 0.858. The lowest BCUT2D eigenvalue weighted by Crippen LogP contribution is -2.11. The highest BCUT2D eigenvalue weighted by Gasteiger charge is 2.11. The van der Waals surface area contributed by atoms with Gasteiger partial charge in [0.05, 0.1) is 20.8 Å². The van der Waals surface area contributed by atoms with E-state index in [9.17, 15) is 0 Å². The highest BCUT2D eigenvalue weighted by Crippen LogP contribution is 2.28. The smallest absolute Gasteiger partial charge is 0.248 e. The number of nitrogens with zero attached hydrogens (tertiary/aromatic N) is 2. The predicted octanol–water partition coefficient (Wildman–Crippen LogP) is 1.86. The molecule has 0 bridgehead atoms. The minimum Gasteiger partial charge on any atom is -0.497 e. The van der Waals surface area contributed by atoms with Crippen LogP contribution in [0.4, 0.5) is 0 Å². The summed E-state index contributed by atoms with van der Waals surface area (Å²) in [6.07, 6.45) is 0. The normalized spacial score (nSPS) is 10.5. The van der Waals surface area contributed by atoms with Crippen LogP contribution < -0.4 is 14.8 Å². The number of nitrogens with one attached hydrogen (secondary N) is 1. The third kappa shape index (κ3) is 3.23. The Morgan fingerprint density at radius 1 is 1.11 bits per heavy atom. The molecule has 2 rings (SSSR count). The molecule has 1 heterocycles. The summed E-state index contributed by atoms with van der Waals surface area (Å²) in [6.45, 7) is 3.43. The molecule has 102 valence electrons. The van der Waals surface area contributed by atoms with Crippen LogP contribution in [0.25, 0.3) is 11.5 Å². The molecule has 0 radical (unpaired) electrons. The monoisotopic (exact) mass is 263 g/mol. The van der Waals surface area contributed by atoms with Crippen molar-refractivity contribution in [1.29, 1.82) is 0 Å². The minimum atomic E-state index is 0.449. The van der Waals surface area contributed by atoms with Gasteiger partial charge in [0, 0.05) is 11.6 Å². The fourth-order valence-corrected chi connectivity index (χ4v) is 1.60. The molecule has 0 aliphatic carbocycles. The van der Waals surface area contributed by atoms with E-state index in [0.717, 1.165) is 12.1 Å². The molecule has 0 saturated carbocycles. The minimum absolute atomic E-state index is 0.449. The van der Waals surface area contributed by atoms with Gasteiger partial charge in [0.2, 0.25) is 11.8 Å². The highest BCUT2D eigenvalue weighted by molar-refractivity contribution is 5.59. The molecule has 0 aliphatic rings. The zero-order valence-electron chi connectivity index (χ0n) is 11.3. The molecule has 0 amide bonds. The van der Waals surface area contributed by atoms with Crippen LogP contribution in [0.15, 0.2) is 22.6 Å². The predicted molar refractivity (Wildman–Crippen MR) is 70.2 cm³/mol. The number of aromatic nitrogens is 2. The Morgan fingerprint density at radius 3 is 2.37 bits per heavy atom. The first-order valence-corrected chi connectivity index (χ1v) is 6.03. The Labute approximate surface area is 111 Å². The number of benzene rings is 1. The van der Waals surface area contributed by atoms with Crippen LogP contribution >= 0.6 is 0 Å². The van der Waals surface area contributed by atoms with Gasteiger partial charge in [0.25, 0.3) is 0 Å². The van der Waals surface area contributed by atoms with Crippen molar-refractivity contribution in [3.05, 3.63) is 24.1 Å². The van der Waals surface area contributed by atoms with E-state index in [-0.39, 0.29) is 0 Å². The van der Waals surface area contributed by atoms with E-state index in [1.54, 1.807) is 20.3 Å². The van der Waals surface area contributed by atoms with E-state index < -0.39 is 0 Å². The first-order valence-electron chi connectivity index (χ1n) is 6.03. The standard InChI is InChI=1S/C13H17N3O3/c1-4-14-8-12-15-16-13(19-12)9-5-10(17-2)7-11(6-9)18-3/h5-7,14H,4,8H2,1-3H3. The SMILES string of the molecule is CCNCc1nnc(-c2cc(OC)cc(OC)c2)o1. The van der Waals surface area contributed by atoms with E-state index >= 15 is 0 Å². The van der Waals surface area contributed by atoms with Crippen LogP contribution in [0.2, 0.25) is 0 Å². The molecular formula is C13H17N3O3. The maximum atomic E-state index is 5.57. The Hall–Kier alpha value is -2.08. The van der Waals surface area contributed by atoms with Crippen molar-refractivity contribution in [2.24, 2.45) is 0 Å². The van der Waals surface area contributed by atoms with Gasteiger partial charge in [-0.05, 0) is 18.7 Å². The lowest BCUT2D eigenvalue weighted by molar-refractivity contribution is 0.394. The molecule has 6 nitrogen and oxygen atoms in total. The molecule has 6 heteroatoms. The first kappa shape index (κ1) is 13.4. The van der Waals surface area contributed by atoms with Crippen LogP contribution in [-0.4, -0.2) is 31.0 Å². The second-order valence-electron chi connectivity index (χ2n) is 3.88. The van der Waals surface area contributed by atoms with Gasteiger partial charge in [0.1, 0.15) is 11.5 Å². The molecule has 0 spiro atoms. The summed E-state index contributed by atoms with van der Waals surface area (Å²) in [6, 6.07) is 5.44. The third-order valence-corrected chi connectivity index (χ3v) is 2.59. The van der Waals surface area contributed by atoms with E-state index in [2.05, 4.69) is 15.5 Å². The summed E-state index contributed by atoms with van der Waals surface area (Å²) in [5.41, 5.74) is 0.770. The average Bonchev–Trinajstić information content (AvgIpc) is 2.93. The Kier molecular flexibility index (Phi) is 4.35. The Bertz CT molecular complexity index is 517. The van der Waals surface area contributed by atoms with Gasteiger partial charge in [-0.2, -0.15) is 0 Å². The van der Waals surface area contributed by atoms with Gasteiger partial charge in [-0.25, -0.2) is 0 Å². The summed E-state index contributed by atoms with van der Waals surface area (Å²) in [5, 5.41) is 11.1. The molecule has 1 N–H and O–H groups in total. The zero-order valence-corrected chi connectivity index (χ0v) is 11.3. The van der Waals surface area contributed by atoms with Crippen molar-refractivity contribution in [2.75, 3.05) is 20.8 Å². The lowest BCUT2D eigenvalue weighted by Gasteiger charge is -2.05. The zero-order chi connectivity index (χ0) is 13.7. The summed E-state index contributed by atoms with van der Waals surface area (Å²) < 4.78 is 16.0. The highest BCUT2D eigenvalue weighted by atomic mass is 16.5. The summed E-state index contributed by atoms with van der Waals surface area (Å²) in [7, 11) is 3.20. The van der Waals surface area contributed by atoms with Crippen LogP contribution in [0.3, 0.4) is 0 Å². The molecule has 0 unspecified atom stereocenters. The maximum Gasteiger partial charge on any atom is 0.248 e. The number of ether oxygens (including phenoxy) is 2. The fourth-order valence-electron chi connectivity index (χ4n) is 1.60. The van der Waals surface area contributed by atoms with E-state index in [4.69, 9.17) is 13.9 Å². The Balaban J connectivity index is 2.27. The van der Waals surface area contributed by atoms with Crippen molar-refractivity contribution in [3.8, 4) is 23.0 Å². The van der Waals surface area contributed by atoms with E-state index in [1.807, 2.05) is 19.1 Å². The second-order valence-corrected chi connectivity index (χ2v) is 3.88. The molecule has 0 fully saturated rings. The number of hydrogen-bond acceptors (Lipinski definition) is 6. The van der Waals surface area contributed by atoms with Crippen LogP contribution in [-0.2, 0) is 6.54 Å². The van der Waals surface area contributed by atoms with Crippen molar-refractivity contribution in [2.45, 2.75) is 13.5 Å². The van der Waals surface area contributed by atoms with Crippen molar-refractivity contribution in [3.63, 3.8) is 0 Å². The van der Waals surface area contributed by atoms with Gasteiger partial charge in [-0.3, -0.25) is 0 Å². The van der Waals surface area contributed by atoms with Gasteiger partial charge in [-0.15, -0.1) is 10.2 Å². The topological polar surface area (TPSA) is 69.4 Å². The van der Waals surface area contributed by atoms with Crippen molar-refractivity contribution < 1.29 is 13.9 Å². The molecule has 0 atom stereocenters. The molecule has 1 aromatic carbocycles. The van der Waals surface area contributed by atoms with Crippen molar-refractivity contribution >= 4 is 0 Å². The van der Waals surface area contributed by atoms with Crippen molar-refractivity contribution in [1.82, 2.24) is 15.5 Å². The number of rotatable bonds is 6. The third-order valence-electron chi connectivity index (χ3n) is 2.59. The van der Waals surface area contributed by atoms with Crippen LogP contribution in [0.5, 0.6) is 11.5 Å². The summed E-state index contributed by atoms with van der Waals surface area (Å²) in [5.74, 6) is 2.37. The molecule has 0 saturated heterocycles. The van der Waals surface area contributed by atoms with Gasteiger partial charge >= 0.3 is 0 Å². The van der Waals surface area contributed by atoms with Gasteiger partial charge in [-0.1, -0.05) is 6.92 Å². The van der Waals surface area contributed by atoms with Gasteiger partial charge < -0.3 is 19.2 Å². The first-order chi connectivity index (χ1) is 9.26. The van der Waals surface area contributed by atoms with E-state index in [1.165, 1.54) is 0 Å².